The highest BCUT2D eigenvalue weighted by Crippen LogP contribution is 2.29. The number of nitrogens with one attached hydrogen (secondary N) is 1. The number of nitriles is 1. The number of carbonyl (C=O) groups is 1. The van der Waals surface area contributed by atoms with E-state index in [0.717, 1.165) is 11.1 Å². The van der Waals surface area contributed by atoms with E-state index in [2.05, 4.69) is 5.32 Å². The van der Waals surface area contributed by atoms with Gasteiger partial charge in [-0.3, -0.25) is 0 Å². The van der Waals surface area contributed by atoms with Gasteiger partial charge in [0.15, 0.2) is 0 Å². The molecule has 1 atom stereocenters. The van der Waals surface area contributed by atoms with Gasteiger partial charge in [-0.1, -0.05) is 24.3 Å². The lowest BCUT2D eigenvalue weighted by Gasteiger charge is -2.36. The van der Waals surface area contributed by atoms with E-state index in [4.69, 9.17) is 5.26 Å². The molecule has 0 fully saturated rings. The van der Waals surface area contributed by atoms with Gasteiger partial charge in [0.1, 0.15) is 5.82 Å². The Morgan fingerprint density at radius 3 is 2.92 bits per heavy atom. The molecule has 2 aromatic rings. The fourth-order valence-electron chi connectivity index (χ4n) is 3.14. The van der Waals surface area contributed by atoms with Gasteiger partial charge in [-0.15, -0.1) is 0 Å². The molecule has 5 nitrogen and oxygen atoms in total. The summed E-state index contributed by atoms with van der Waals surface area (Å²) in [5.41, 5.74) is 2.65. The molecule has 1 unspecified atom stereocenters. The first-order valence-electron chi connectivity index (χ1n) is 8.05. The molecule has 3 rings (SSSR count). The van der Waals surface area contributed by atoms with Crippen LogP contribution in [0, 0.1) is 17.1 Å². The van der Waals surface area contributed by atoms with E-state index in [0.29, 0.717) is 18.5 Å². The second-order valence-electron chi connectivity index (χ2n) is 5.92. The number of nitrogens with zero attached hydrogens (tertiary/aromatic N) is 2. The van der Waals surface area contributed by atoms with Crippen LogP contribution in [-0.2, 0) is 13.0 Å². The molecule has 25 heavy (non-hydrogen) atoms. The van der Waals surface area contributed by atoms with Crippen LogP contribution in [0.1, 0.15) is 28.3 Å². The molecular formula is C19H18FN3O2. The largest absolute Gasteiger partial charge is 0.394 e. The normalized spacial score (nSPS) is 16.0. The molecule has 0 saturated heterocycles. The number of urea groups is 1. The smallest absolute Gasteiger partial charge is 0.318 e. The minimum Gasteiger partial charge on any atom is -0.394 e. The van der Waals surface area contributed by atoms with E-state index in [9.17, 15) is 14.3 Å². The predicted octanol–water partition coefficient (Wildman–Crippen LogP) is 2.50. The lowest BCUT2D eigenvalue weighted by atomic mass is 9.93. The van der Waals surface area contributed by atoms with Crippen molar-refractivity contribution in [2.24, 2.45) is 0 Å². The fourth-order valence-corrected chi connectivity index (χ4v) is 3.14. The van der Waals surface area contributed by atoms with Crippen molar-refractivity contribution in [1.29, 1.82) is 5.26 Å². The number of benzene rings is 2. The summed E-state index contributed by atoms with van der Waals surface area (Å²) in [4.78, 5) is 14.1. The minimum absolute atomic E-state index is 0.0174. The number of carbonyl (C=O) groups excluding carboxylic acids is 1. The Kier molecular flexibility index (Phi) is 4.96. The Hall–Kier alpha value is -2.91. The first-order chi connectivity index (χ1) is 12.1. The molecule has 1 aliphatic heterocycles. The quantitative estimate of drug-likeness (QED) is 0.902. The van der Waals surface area contributed by atoms with Crippen LogP contribution < -0.4 is 5.32 Å². The molecule has 0 aromatic heterocycles. The Balaban J connectivity index is 1.73. The Morgan fingerprint density at radius 1 is 1.36 bits per heavy atom. The Morgan fingerprint density at radius 2 is 2.16 bits per heavy atom. The topological polar surface area (TPSA) is 76.4 Å². The van der Waals surface area contributed by atoms with Gasteiger partial charge in [0.2, 0.25) is 0 Å². The fraction of sp³-hybridized carbons (Fsp3) is 0.263. The molecule has 0 saturated carbocycles. The number of halogens is 1. The molecule has 0 spiro atoms. The summed E-state index contributed by atoms with van der Waals surface area (Å²) in [6, 6.07) is 12.9. The van der Waals surface area contributed by atoms with Crippen molar-refractivity contribution in [3.63, 3.8) is 0 Å². The SMILES string of the molecule is N#Cc1ccc(F)c(CNC(=O)N2CCc3ccccc3C2CO)c1. The van der Waals surface area contributed by atoms with Gasteiger partial charge in [0.05, 0.1) is 24.3 Å². The number of amides is 2. The maximum absolute atomic E-state index is 13.8. The number of aliphatic hydroxyl groups excluding tert-OH is 1. The van der Waals surface area contributed by atoms with Crippen molar-refractivity contribution < 1.29 is 14.3 Å². The molecule has 2 aromatic carbocycles. The van der Waals surface area contributed by atoms with Gasteiger partial charge in [0.25, 0.3) is 0 Å². The third kappa shape index (κ3) is 3.47. The molecule has 0 bridgehead atoms. The maximum Gasteiger partial charge on any atom is 0.318 e. The molecular weight excluding hydrogens is 321 g/mol. The maximum atomic E-state index is 13.8. The lowest BCUT2D eigenvalue weighted by Crippen LogP contribution is -2.46. The number of aliphatic hydroxyl groups is 1. The van der Waals surface area contributed by atoms with E-state index in [1.807, 2.05) is 30.3 Å². The standard InChI is InChI=1S/C19H18FN3O2/c20-17-6-5-13(10-21)9-15(17)11-22-19(25)23-8-7-14-3-1-2-4-16(14)18(23)12-24/h1-6,9,18,24H,7-8,11-12H2,(H,22,25). The summed E-state index contributed by atoms with van der Waals surface area (Å²) in [6.07, 6.45) is 0.707. The molecule has 0 aliphatic carbocycles. The van der Waals surface area contributed by atoms with E-state index < -0.39 is 11.9 Å². The highest BCUT2D eigenvalue weighted by molar-refractivity contribution is 5.75. The summed E-state index contributed by atoms with van der Waals surface area (Å²) in [5, 5.41) is 21.3. The number of hydrogen-bond acceptors (Lipinski definition) is 3. The van der Waals surface area contributed by atoms with Crippen molar-refractivity contribution in [2.45, 2.75) is 19.0 Å². The van der Waals surface area contributed by atoms with Crippen LogP contribution >= 0.6 is 0 Å². The molecule has 2 amide bonds. The summed E-state index contributed by atoms with van der Waals surface area (Å²) in [5.74, 6) is -0.470. The first-order valence-corrected chi connectivity index (χ1v) is 8.05. The molecule has 1 aliphatic rings. The zero-order chi connectivity index (χ0) is 17.8. The highest BCUT2D eigenvalue weighted by atomic mass is 19.1. The van der Waals surface area contributed by atoms with Gasteiger partial charge in [0, 0.05) is 18.7 Å². The monoisotopic (exact) mass is 339 g/mol. The summed E-state index contributed by atoms with van der Waals surface area (Å²) in [6.45, 7) is 0.286. The van der Waals surface area contributed by atoms with Crippen molar-refractivity contribution in [1.82, 2.24) is 10.2 Å². The van der Waals surface area contributed by atoms with Crippen LogP contribution in [0.15, 0.2) is 42.5 Å². The van der Waals surface area contributed by atoms with Crippen LogP contribution in [0.3, 0.4) is 0 Å². The molecule has 0 radical (unpaired) electrons. The average Bonchev–Trinajstić information content (AvgIpc) is 2.66. The van der Waals surface area contributed by atoms with Gasteiger partial charge < -0.3 is 15.3 Å². The first kappa shape index (κ1) is 16.9. The van der Waals surface area contributed by atoms with Gasteiger partial charge in [-0.25, -0.2) is 9.18 Å². The second kappa shape index (κ2) is 7.32. The Labute approximate surface area is 145 Å². The van der Waals surface area contributed by atoms with Crippen LogP contribution in [-0.4, -0.2) is 29.2 Å². The third-order valence-electron chi connectivity index (χ3n) is 4.45. The van der Waals surface area contributed by atoms with E-state index in [1.54, 1.807) is 4.90 Å². The number of fused-ring (bicyclic) bond motifs is 1. The molecule has 1 heterocycles. The molecule has 128 valence electrons. The van der Waals surface area contributed by atoms with Crippen molar-refractivity contribution in [3.8, 4) is 6.07 Å². The average molecular weight is 339 g/mol. The van der Waals surface area contributed by atoms with Crippen molar-refractivity contribution >= 4 is 6.03 Å². The summed E-state index contributed by atoms with van der Waals surface area (Å²) >= 11 is 0. The van der Waals surface area contributed by atoms with Crippen LogP contribution in [0.4, 0.5) is 9.18 Å². The van der Waals surface area contributed by atoms with Crippen LogP contribution in [0.5, 0.6) is 0 Å². The Bertz CT molecular complexity index is 832. The molecule has 2 N–H and O–H groups in total. The second-order valence-corrected chi connectivity index (χ2v) is 5.92. The van der Waals surface area contributed by atoms with Gasteiger partial charge in [-0.2, -0.15) is 5.26 Å². The lowest BCUT2D eigenvalue weighted by molar-refractivity contribution is 0.126. The highest BCUT2D eigenvalue weighted by Gasteiger charge is 2.30. The minimum atomic E-state index is -0.470. The molecule has 6 heteroatoms. The van der Waals surface area contributed by atoms with Crippen LogP contribution in [0.2, 0.25) is 0 Å². The third-order valence-corrected chi connectivity index (χ3v) is 4.45. The van der Waals surface area contributed by atoms with Gasteiger partial charge in [-0.05, 0) is 35.7 Å². The number of rotatable bonds is 3. The predicted molar refractivity (Wildman–Crippen MR) is 90.0 cm³/mol. The summed E-state index contributed by atoms with van der Waals surface area (Å²) in [7, 11) is 0. The number of hydrogen-bond donors (Lipinski definition) is 2. The van der Waals surface area contributed by atoms with E-state index >= 15 is 0 Å². The summed E-state index contributed by atoms with van der Waals surface area (Å²) < 4.78 is 13.8. The van der Waals surface area contributed by atoms with E-state index in [1.165, 1.54) is 18.2 Å². The zero-order valence-corrected chi connectivity index (χ0v) is 13.6. The van der Waals surface area contributed by atoms with Crippen LogP contribution in [0.25, 0.3) is 0 Å². The van der Waals surface area contributed by atoms with E-state index in [-0.39, 0.29) is 24.7 Å². The zero-order valence-electron chi connectivity index (χ0n) is 13.6. The van der Waals surface area contributed by atoms with Crippen molar-refractivity contribution in [2.75, 3.05) is 13.2 Å². The van der Waals surface area contributed by atoms with Crippen molar-refractivity contribution in [3.05, 3.63) is 70.5 Å². The van der Waals surface area contributed by atoms with Gasteiger partial charge >= 0.3 is 6.03 Å².